The van der Waals surface area contributed by atoms with E-state index in [1.165, 1.54) is 54.5 Å². The van der Waals surface area contributed by atoms with Crippen molar-refractivity contribution in [3.8, 4) is 16.8 Å². The minimum Gasteiger partial charge on any atom is -0.456 e. The van der Waals surface area contributed by atoms with Gasteiger partial charge in [0.15, 0.2) is 0 Å². The predicted octanol–water partition coefficient (Wildman–Crippen LogP) is 14.1. The Labute approximate surface area is 306 Å². The van der Waals surface area contributed by atoms with Crippen LogP contribution in [0.2, 0.25) is 0 Å². The average Bonchev–Trinajstić information content (AvgIpc) is 3.75. The molecular weight excluding hydrogens is 645 g/mol. The molecule has 0 amide bonds. The van der Waals surface area contributed by atoms with Crippen molar-refractivity contribution in [2.45, 2.75) is 0 Å². The molecule has 0 radical (unpaired) electrons. The maximum atomic E-state index is 6.20. The van der Waals surface area contributed by atoms with Crippen molar-refractivity contribution < 1.29 is 4.42 Å². The number of aromatic nitrogens is 1. The highest BCUT2D eigenvalue weighted by atomic mass is 16.3. The molecule has 248 valence electrons. The van der Waals surface area contributed by atoms with Gasteiger partial charge in [0.1, 0.15) is 11.2 Å². The molecular formula is C50H32N2O. The van der Waals surface area contributed by atoms with E-state index in [0.717, 1.165) is 44.7 Å². The van der Waals surface area contributed by atoms with E-state index >= 15 is 0 Å². The smallest absolute Gasteiger partial charge is 0.135 e. The largest absolute Gasteiger partial charge is 0.456 e. The molecule has 0 aliphatic rings. The lowest BCUT2D eigenvalue weighted by atomic mass is 10.0. The number of fused-ring (bicyclic) bond motifs is 8. The molecule has 2 heterocycles. The van der Waals surface area contributed by atoms with E-state index < -0.39 is 0 Å². The van der Waals surface area contributed by atoms with Crippen LogP contribution in [0.1, 0.15) is 0 Å². The van der Waals surface area contributed by atoms with Gasteiger partial charge in [-0.3, -0.25) is 0 Å². The minimum atomic E-state index is 0.890. The zero-order valence-electron chi connectivity index (χ0n) is 28.8. The summed E-state index contributed by atoms with van der Waals surface area (Å²) in [5, 5.41) is 9.68. The number of nitrogens with zero attached hydrogens (tertiary/aromatic N) is 2. The fourth-order valence-electron chi connectivity index (χ4n) is 8.22. The molecule has 0 spiro atoms. The zero-order chi connectivity index (χ0) is 34.9. The molecule has 3 nitrogen and oxygen atoms in total. The van der Waals surface area contributed by atoms with Crippen molar-refractivity contribution in [2.24, 2.45) is 0 Å². The normalized spacial score (nSPS) is 11.8. The van der Waals surface area contributed by atoms with Crippen LogP contribution in [0.25, 0.3) is 82.1 Å². The van der Waals surface area contributed by atoms with Gasteiger partial charge >= 0.3 is 0 Å². The minimum absolute atomic E-state index is 0.890. The van der Waals surface area contributed by atoms with Gasteiger partial charge in [0.2, 0.25) is 0 Å². The number of hydrogen-bond donors (Lipinski definition) is 0. The molecule has 2 aromatic heterocycles. The molecule has 11 rings (SSSR count). The van der Waals surface area contributed by atoms with E-state index in [9.17, 15) is 0 Å². The Morgan fingerprint density at radius 3 is 1.77 bits per heavy atom. The van der Waals surface area contributed by atoms with E-state index in [0.29, 0.717) is 0 Å². The standard InChI is InChI=1S/C50H32N2O/c1-2-12-37-31-48-44(30-36(37)11-1)42-15-5-7-17-47(42)52(48)39-26-22-34(23-27-39)33-20-24-38(25-21-33)51(46-18-9-13-35-10-3-4-14-41(35)46)40-28-29-50-45(32-40)43-16-6-8-19-49(43)53-50/h1-32H. The summed E-state index contributed by atoms with van der Waals surface area (Å²) < 4.78 is 8.60. The first-order chi connectivity index (χ1) is 26.3. The Morgan fingerprint density at radius 1 is 0.358 bits per heavy atom. The van der Waals surface area contributed by atoms with Crippen LogP contribution in [0.3, 0.4) is 0 Å². The summed E-state index contributed by atoms with van der Waals surface area (Å²) >= 11 is 0. The van der Waals surface area contributed by atoms with Gasteiger partial charge in [0.05, 0.1) is 16.7 Å². The molecule has 0 atom stereocenters. The Morgan fingerprint density at radius 2 is 0.962 bits per heavy atom. The fraction of sp³-hybridized carbons (Fsp3) is 0. The lowest BCUT2D eigenvalue weighted by Gasteiger charge is -2.27. The van der Waals surface area contributed by atoms with Crippen LogP contribution in [-0.4, -0.2) is 4.57 Å². The summed E-state index contributed by atoms with van der Waals surface area (Å²) in [7, 11) is 0. The predicted molar refractivity (Wildman–Crippen MR) is 223 cm³/mol. The van der Waals surface area contributed by atoms with Crippen LogP contribution < -0.4 is 4.90 Å². The molecule has 0 saturated carbocycles. The number of furan rings is 1. The number of rotatable bonds is 5. The van der Waals surface area contributed by atoms with Gasteiger partial charge in [-0.15, -0.1) is 0 Å². The van der Waals surface area contributed by atoms with Crippen molar-refractivity contribution >= 4 is 82.4 Å². The first-order valence-corrected chi connectivity index (χ1v) is 18.1. The Hall–Kier alpha value is -7.10. The van der Waals surface area contributed by atoms with E-state index in [1.807, 2.05) is 12.1 Å². The van der Waals surface area contributed by atoms with Crippen LogP contribution in [0.5, 0.6) is 0 Å². The summed E-state index contributed by atoms with van der Waals surface area (Å²) in [5.74, 6) is 0. The lowest BCUT2D eigenvalue weighted by molar-refractivity contribution is 0.669. The number of anilines is 3. The molecule has 3 heteroatoms. The average molecular weight is 677 g/mol. The molecule has 9 aromatic carbocycles. The van der Waals surface area contributed by atoms with Crippen LogP contribution in [0.15, 0.2) is 199 Å². The van der Waals surface area contributed by atoms with Gasteiger partial charge in [-0.2, -0.15) is 0 Å². The lowest BCUT2D eigenvalue weighted by Crippen LogP contribution is -2.10. The zero-order valence-corrected chi connectivity index (χ0v) is 28.8. The van der Waals surface area contributed by atoms with Crippen molar-refractivity contribution in [2.75, 3.05) is 4.90 Å². The third-order valence-electron chi connectivity index (χ3n) is 10.8. The third-order valence-corrected chi connectivity index (χ3v) is 10.8. The first-order valence-electron chi connectivity index (χ1n) is 18.1. The summed E-state index contributed by atoms with van der Waals surface area (Å²) in [6.07, 6.45) is 0. The number of benzene rings is 9. The van der Waals surface area contributed by atoms with Crippen molar-refractivity contribution in [3.05, 3.63) is 194 Å². The highest BCUT2D eigenvalue weighted by Crippen LogP contribution is 2.42. The fourth-order valence-corrected chi connectivity index (χ4v) is 8.22. The van der Waals surface area contributed by atoms with Gasteiger partial charge in [-0.25, -0.2) is 0 Å². The third kappa shape index (κ3) is 4.75. The monoisotopic (exact) mass is 676 g/mol. The van der Waals surface area contributed by atoms with E-state index in [-0.39, 0.29) is 0 Å². The van der Waals surface area contributed by atoms with Crippen LogP contribution in [0.4, 0.5) is 17.1 Å². The molecule has 0 bridgehead atoms. The van der Waals surface area contributed by atoms with Gasteiger partial charge in [-0.1, -0.05) is 121 Å². The van der Waals surface area contributed by atoms with Gasteiger partial charge in [-0.05, 0) is 100 Å². The Bertz CT molecular complexity index is 3160. The second-order valence-electron chi connectivity index (χ2n) is 13.8. The van der Waals surface area contributed by atoms with E-state index in [4.69, 9.17) is 4.42 Å². The van der Waals surface area contributed by atoms with Crippen LogP contribution in [-0.2, 0) is 0 Å². The molecule has 0 N–H and O–H groups in total. The van der Waals surface area contributed by atoms with Crippen LogP contribution in [0, 0.1) is 0 Å². The van der Waals surface area contributed by atoms with Gasteiger partial charge in [0.25, 0.3) is 0 Å². The summed E-state index contributed by atoms with van der Waals surface area (Å²) in [6.45, 7) is 0. The number of para-hydroxylation sites is 2. The molecule has 0 aliphatic heterocycles. The van der Waals surface area contributed by atoms with Gasteiger partial charge < -0.3 is 13.9 Å². The molecule has 0 saturated heterocycles. The SMILES string of the molecule is c1ccc2cc3c(cc2c1)c1ccccc1n3-c1ccc(-c2ccc(N(c3ccc4oc5ccccc5c4c3)c3cccc4ccccc34)cc2)cc1. The molecule has 11 aromatic rings. The number of hydrogen-bond acceptors (Lipinski definition) is 2. The second kappa shape index (κ2) is 11.7. The topological polar surface area (TPSA) is 21.3 Å². The summed E-state index contributed by atoms with van der Waals surface area (Å²) in [4.78, 5) is 2.36. The molecule has 0 fully saturated rings. The van der Waals surface area contributed by atoms with Crippen molar-refractivity contribution in [1.29, 1.82) is 0 Å². The van der Waals surface area contributed by atoms with Gasteiger partial charge in [0, 0.05) is 44.0 Å². The Kier molecular flexibility index (Phi) is 6.55. The highest BCUT2D eigenvalue weighted by molar-refractivity contribution is 6.13. The van der Waals surface area contributed by atoms with E-state index in [1.54, 1.807) is 0 Å². The van der Waals surface area contributed by atoms with Crippen molar-refractivity contribution in [1.82, 2.24) is 4.57 Å². The highest BCUT2D eigenvalue weighted by Gasteiger charge is 2.18. The van der Waals surface area contributed by atoms with Crippen LogP contribution >= 0.6 is 0 Å². The summed E-state index contributed by atoms with van der Waals surface area (Å²) in [6, 6.07) is 69.8. The maximum Gasteiger partial charge on any atom is 0.135 e. The van der Waals surface area contributed by atoms with E-state index in [2.05, 4.69) is 191 Å². The van der Waals surface area contributed by atoms with Crippen molar-refractivity contribution in [3.63, 3.8) is 0 Å². The summed E-state index contributed by atoms with van der Waals surface area (Å²) in [5.41, 5.74) is 11.0. The molecule has 0 unspecified atom stereocenters. The molecule has 0 aliphatic carbocycles. The second-order valence-corrected chi connectivity index (χ2v) is 13.8. The maximum absolute atomic E-state index is 6.20. The molecule has 53 heavy (non-hydrogen) atoms. The first kappa shape index (κ1) is 29.6. The quantitative estimate of drug-likeness (QED) is 0.181. The Balaban J connectivity index is 1.00.